The van der Waals surface area contributed by atoms with Crippen LogP contribution in [0.15, 0.2) is 59.8 Å². The lowest BCUT2D eigenvalue weighted by molar-refractivity contribution is -0.129. The summed E-state index contributed by atoms with van der Waals surface area (Å²) in [7, 11) is 3.17. The van der Waals surface area contributed by atoms with Gasteiger partial charge in [-0.3, -0.25) is 14.4 Å². The lowest BCUT2D eigenvalue weighted by Gasteiger charge is -2.33. The average Bonchev–Trinajstić information content (AvgIpc) is 2.78. The van der Waals surface area contributed by atoms with Gasteiger partial charge in [-0.25, -0.2) is 0 Å². The Hall–Kier alpha value is -3.61. The summed E-state index contributed by atoms with van der Waals surface area (Å²) >= 11 is 0. The van der Waals surface area contributed by atoms with Crippen molar-refractivity contribution in [3.8, 4) is 11.5 Å². The first-order valence-corrected chi connectivity index (χ1v) is 10.1. The Balaban J connectivity index is 1.56. The third kappa shape index (κ3) is 4.30. The van der Waals surface area contributed by atoms with E-state index in [9.17, 15) is 14.4 Å². The fourth-order valence-electron chi connectivity index (χ4n) is 4.20. The summed E-state index contributed by atoms with van der Waals surface area (Å²) in [5.41, 5.74) is 2.57. The van der Waals surface area contributed by atoms with Crippen LogP contribution >= 0.6 is 0 Å². The van der Waals surface area contributed by atoms with E-state index in [0.717, 1.165) is 11.3 Å². The number of anilines is 1. The number of rotatable bonds is 5. The number of benzene rings is 2. The van der Waals surface area contributed by atoms with E-state index in [0.29, 0.717) is 35.5 Å². The number of allylic oxidation sites excluding steroid dienone is 1. The lowest BCUT2D eigenvalue weighted by Crippen LogP contribution is -2.43. The smallest absolute Gasteiger partial charge is 0.232 e. The second kappa shape index (κ2) is 8.63. The fourth-order valence-corrected chi connectivity index (χ4v) is 4.20. The van der Waals surface area contributed by atoms with E-state index >= 15 is 0 Å². The van der Waals surface area contributed by atoms with Crippen molar-refractivity contribution in [2.24, 2.45) is 5.92 Å². The Morgan fingerprint density at radius 3 is 2.13 bits per heavy atom. The highest BCUT2D eigenvalue weighted by atomic mass is 16.5. The van der Waals surface area contributed by atoms with Crippen molar-refractivity contribution in [1.82, 2.24) is 5.32 Å². The second-order valence-electron chi connectivity index (χ2n) is 7.72. The van der Waals surface area contributed by atoms with E-state index in [-0.39, 0.29) is 29.9 Å². The van der Waals surface area contributed by atoms with Gasteiger partial charge >= 0.3 is 0 Å². The molecule has 0 saturated carbocycles. The minimum absolute atomic E-state index is 0.0419. The number of ketones is 1. The number of ether oxygens (including phenoxy) is 2. The van der Waals surface area contributed by atoms with Gasteiger partial charge in [-0.15, -0.1) is 0 Å². The Labute approximate surface area is 180 Å². The van der Waals surface area contributed by atoms with E-state index in [1.54, 1.807) is 38.5 Å². The van der Waals surface area contributed by atoms with Crippen LogP contribution in [0, 0.1) is 5.92 Å². The minimum Gasteiger partial charge on any atom is -0.497 e. The molecule has 4 rings (SSSR count). The molecule has 160 valence electrons. The van der Waals surface area contributed by atoms with Gasteiger partial charge in [-0.2, -0.15) is 0 Å². The highest BCUT2D eigenvalue weighted by Crippen LogP contribution is 2.39. The third-order valence-corrected chi connectivity index (χ3v) is 5.80. The molecule has 0 spiro atoms. The van der Waals surface area contributed by atoms with Crippen LogP contribution in [-0.2, 0) is 14.4 Å². The van der Waals surface area contributed by atoms with Gasteiger partial charge in [-0.1, -0.05) is 12.1 Å². The summed E-state index contributed by atoms with van der Waals surface area (Å²) in [5.74, 6) is -0.146. The zero-order chi connectivity index (χ0) is 22.0. The average molecular weight is 420 g/mol. The molecule has 2 aromatic carbocycles. The number of methoxy groups -OCH3 is 2. The largest absolute Gasteiger partial charge is 0.497 e. The monoisotopic (exact) mass is 420 g/mol. The van der Waals surface area contributed by atoms with E-state index in [1.807, 2.05) is 24.3 Å². The molecule has 2 amide bonds. The normalized spacial score (nSPS) is 20.6. The van der Waals surface area contributed by atoms with E-state index in [2.05, 4.69) is 10.6 Å². The number of nitrogens with one attached hydrogen (secondary N) is 2. The van der Waals surface area contributed by atoms with Crippen molar-refractivity contribution in [1.29, 1.82) is 0 Å². The molecule has 0 unspecified atom stereocenters. The molecule has 0 bridgehead atoms. The Morgan fingerprint density at radius 2 is 1.52 bits per heavy atom. The summed E-state index contributed by atoms with van der Waals surface area (Å²) < 4.78 is 10.3. The van der Waals surface area contributed by atoms with Crippen molar-refractivity contribution in [3.63, 3.8) is 0 Å². The van der Waals surface area contributed by atoms with Crippen LogP contribution in [0.3, 0.4) is 0 Å². The van der Waals surface area contributed by atoms with Crippen LogP contribution in [0.25, 0.3) is 0 Å². The highest BCUT2D eigenvalue weighted by molar-refractivity contribution is 6.09. The summed E-state index contributed by atoms with van der Waals surface area (Å²) in [6, 6.07) is 14.5. The van der Waals surface area contributed by atoms with Gasteiger partial charge in [0.25, 0.3) is 0 Å². The van der Waals surface area contributed by atoms with Gasteiger partial charge in [0, 0.05) is 29.8 Å². The number of hydrogen-bond donors (Lipinski definition) is 2. The molecule has 31 heavy (non-hydrogen) atoms. The van der Waals surface area contributed by atoms with Gasteiger partial charge in [0.05, 0.1) is 20.1 Å². The van der Waals surface area contributed by atoms with Crippen molar-refractivity contribution >= 4 is 23.3 Å². The fraction of sp³-hybridized carbons (Fsp3) is 0.292. The van der Waals surface area contributed by atoms with Gasteiger partial charge in [0.2, 0.25) is 11.8 Å². The van der Waals surface area contributed by atoms with Gasteiger partial charge in [-0.05, 0) is 54.3 Å². The van der Waals surface area contributed by atoms with Crippen LogP contribution in [0.5, 0.6) is 11.5 Å². The Morgan fingerprint density at radius 1 is 0.903 bits per heavy atom. The molecule has 1 aliphatic heterocycles. The molecular weight excluding hydrogens is 396 g/mol. The van der Waals surface area contributed by atoms with Crippen LogP contribution < -0.4 is 20.1 Å². The molecule has 2 N–H and O–H groups in total. The summed E-state index contributed by atoms with van der Waals surface area (Å²) in [6.45, 7) is 0. The molecule has 7 nitrogen and oxygen atoms in total. The summed E-state index contributed by atoms with van der Waals surface area (Å²) in [4.78, 5) is 38.4. The quantitative estimate of drug-likeness (QED) is 0.775. The molecule has 7 heteroatoms. The molecule has 0 radical (unpaired) electrons. The van der Waals surface area contributed by atoms with Crippen LogP contribution in [-0.4, -0.2) is 31.8 Å². The summed E-state index contributed by atoms with van der Waals surface area (Å²) in [5, 5.41) is 5.65. The molecule has 0 fully saturated rings. The first-order valence-electron chi connectivity index (χ1n) is 10.1. The maximum Gasteiger partial charge on any atom is 0.232 e. The molecule has 0 aromatic heterocycles. The topological polar surface area (TPSA) is 93.7 Å². The standard InChI is InChI=1S/C24H24N2O5/c1-30-17-7-3-14(4-8-17)15-11-20-23(21(27)12-15)19(13-22(28)26-20)24(29)25-16-5-9-18(31-2)10-6-16/h3-10,15,19H,11-13H2,1-2H3,(H,25,29)(H,26,28)/t15-,19-/m1/s1. The van der Waals surface area contributed by atoms with Crippen molar-refractivity contribution in [2.45, 2.75) is 25.2 Å². The van der Waals surface area contributed by atoms with Gasteiger partial charge in [0.1, 0.15) is 11.5 Å². The molecule has 1 aliphatic carbocycles. The number of Topliss-reactive ketones (excluding diaryl/α,β-unsaturated/α-hetero) is 1. The highest BCUT2D eigenvalue weighted by Gasteiger charge is 2.40. The molecular formula is C24H24N2O5. The maximum absolute atomic E-state index is 13.1. The minimum atomic E-state index is -0.796. The second-order valence-corrected chi connectivity index (χ2v) is 7.72. The third-order valence-electron chi connectivity index (χ3n) is 5.80. The first kappa shape index (κ1) is 20.7. The lowest BCUT2D eigenvalue weighted by atomic mass is 9.75. The number of amides is 2. The Bertz CT molecular complexity index is 1040. The molecule has 2 aromatic rings. The van der Waals surface area contributed by atoms with Crippen molar-refractivity contribution < 1.29 is 23.9 Å². The first-order chi connectivity index (χ1) is 15.0. The van der Waals surface area contributed by atoms with Crippen molar-refractivity contribution in [2.75, 3.05) is 19.5 Å². The summed E-state index contributed by atoms with van der Waals surface area (Å²) in [6.07, 6.45) is 0.762. The number of hydrogen-bond acceptors (Lipinski definition) is 5. The Kier molecular flexibility index (Phi) is 5.75. The maximum atomic E-state index is 13.1. The zero-order valence-corrected chi connectivity index (χ0v) is 17.4. The number of carbonyl (C=O) groups is 3. The van der Waals surface area contributed by atoms with Gasteiger partial charge < -0.3 is 20.1 Å². The van der Waals surface area contributed by atoms with E-state index in [4.69, 9.17) is 9.47 Å². The van der Waals surface area contributed by atoms with Crippen LogP contribution in [0.1, 0.15) is 30.7 Å². The predicted octanol–water partition coefficient (Wildman–Crippen LogP) is 3.18. The predicted molar refractivity (Wildman–Crippen MR) is 115 cm³/mol. The van der Waals surface area contributed by atoms with Gasteiger partial charge in [0.15, 0.2) is 5.78 Å². The molecule has 0 saturated heterocycles. The zero-order valence-electron chi connectivity index (χ0n) is 17.4. The SMILES string of the molecule is COc1ccc(NC(=O)[C@@H]2CC(=O)NC3=C2C(=O)C[C@H](c2ccc(OC)cc2)C3)cc1. The molecule has 2 aliphatic rings. The van der Waals surface area contributed by atoms with Crippen molar-refractivity contribution in [3.05, 3.63) is 65.4 Å². The molecule has 2 atom stereocenters. The van der Waals surface area contributed by atoms with E-state index < -0.39 is 5.92 Å². The number of carbonyl (C=O) groups excluding carboxylic acids is 3. The van der Waals surface area contributed by atoms with E-state index in [1.165, 1.54) is 0 Å². The molecule has 1 heterocycles. The van der Waals surface area contributed by atoms with Crippen LogP contribution in [0.4, 0.5) is 5.69 Å². The van der Waals surface area contributed by atoms with Crippen LogP contribution in [0.2, 0.25) is 0 Å².